The van der Waals surface area contributed by atoms with E-state index < -0.39 is 0 Å². The van der Waals surface area contributed by atoms with Gasteiger partial charge in [0.15, 0.2) is 11.5 Å². The van der Waals surface area contributed by atoms with Crippen molar-refractivity contribution >= 4 is 17.4 Å². The van der Waals surface area contributed by atoms with Crippen LogP contribution in [0.3, 0.4) is 0 Å². The molecule has 0 radical (unpaired) electrons. The summed E-state index contributed by atoms with van der Waals surface area (Å²) in [5, 5.41) is 2.73. The predicted molar refractivity (Wildman–Crippen MR) is 59.8 cm³/mol. The van der Waals surface area contributed by atoms with Gasteiger partial charge >= 0.3 is 0 Å². The Labute approximate surface area is 93.6 Å². The maximum absolute atomic E-state index is 11.5. The molecule has 1 unspecified atom stereocenters. The first kappa shape index (κ1) is 10.7. The van der Waals surface area contributed by atoms with Crippen LogP contribution in [-0.4, -0.2) is 17.8 Å². The standard InChI is InChI=1S/C12H13NO3/c1-7-6-11(15)13-10-5-3-4-9(8(2)14)12(10)16-7/h3-5,7H,6H2,1-2H3,(H,13,15). The van der Waals surface area contributed by atoms with Crippen molar-refractivity contribution in [2.75, 3.05) is 5.32 Å². The van der Waals surface area contributed by atoms with Gasteiger partial charge in [-0.05, 0) is 26.0 Å². The summed E-state index contributed by atoms with van der Waals surface area (Å²) < 4.78 is 5.62. The third-order valence-corrected chi connectivity index (χ3v) is 2.46. The molecule has 1 aliphatic rings. The van der Waals surface area contributed by atoms with Crippen LogP contribution < -0.4 is 10.1 Å². The molecule has 16 heavy (non-hydrogen) atoms. The Kier molecular flexibility index (Phi) is 2.64. The average molecular weight is 219 g/mol. The van der Waals surface area contributed by atoms with E-state index in [-0.39, 0.29) is 17.8 Å². The lowest BCUT2D eigenvalue weighted by Gasteiger charge is -2.13. The maximum Gasteiger partial charge on any atom is 0.228 e. The van der Waals surface area contributed by atoms with Crippen LogP contribution in [0, 0.1) is 0 Å². The summed E-state index contributed by atoms with van der Waals surface area (Å²) in [7, 11) is 0. The third kappa shape index (κ3) is 1.91. The molecule has 0 spiro atoms. The molecule has 4 heteroatoms. The molecule has 1 N–H and O–H groups in total. The molecule has 1 aliphatic heterocycles. The van der Waals surface area contributed by atoms with Crippen LogP contribution in [0.5, 0.6) is 5.75 Å². The summed E-state index contributed by atoms with van der Waals surface area (Å²) in [6.45, 7) is 3.29. The number of anilines is 1. The maximum atomic E-state index is 11.5. The molecular weight excluding hydrogens is 206 g/mol. The molecular formula is C12H13NO3. The molecule has 4 nitrogen and oxygen atoms in total. The molecule has 0 bridgehead atoms. The number of para-hydroxylation sites is 1. The molecule has 0 saturated carbocycles. The fourth-order valence-corrected chi connectivity index (χ4v) is 1.74. The largest absolute Gasteiger partial charge is 0.487 e. The van der Waals surface area contributed by atoms with Gasteiger partial charge in [0.1, 0.15) is 6.10 Å². The zero-order chi connectivity index (χ0) is 11.7. The summed E-state index contributed by atoms with van der Waals surface area (Å²) in [6.07, 6.45) is 0.0770. The van der Waals surface area contributed by atoms with E-state index in [0.29, 0.717) is 23.4 Å². The van der Waals surface area contributed by atoms with Crippen LogP contribution >= 0.6 is 0 Å². The second-order valence-electron chi connectivity index (χ2n) is 3.92. The Hall–Kier alpha value is -1.84. The van der Waals surface area contributed by atoms with Crippen LogP contribution in [0.25, 0.3) is 0 Å². The Morgan fingerprint density at radius 1 is 1.50 bits per heavy atom. The normalized spacial score (nSPS) is 19.1. The smallest absolute Gasteiger partial charge is 0.228 e. The van der Waals surface area contributed by atoms with Crippen molar-refractivity contribution in [2.45, 2.75) is 26.4 Å². The fraction of sp³-hybridized carbons (Fsp3) is 0.333. The van der Waals surface area contributed by atoms with Gasteiger partial charge in [-0.1, -0.05) is 6.07 Å². The minimum absolute atomic E-state index is 0.0693. The summed E-state index contributed by atoms with van der Waals surface area (Å²) in [6, 6.07) is 5.16. The number of Topliss-reactive ketones (excluding diaryl/α,β-unsaturated/α-hetero) is 1. The summed E-state index contributed by atoms with van der Waals surface area (Å²) in [4.78, 5) is 22.9. The van der Waals surface area contributed by atoms with Crippen molar-refractivity contribution in [3.8, 4) is 5.75 Å². The number of benzene rings is 1. The second-order valence-corrected chi connectivity index (χ2v) is 3.92. The van der Waals surface area contributed by atoms with Crippen molar-refractivity contribution in [2.24, 2.45) is 0 Å². The number of nitrogens with one attached hydrogen (secondary N) is 1. The number of fused-ring (bicyclic) bond motifs is 1. The summed E-state index contributed by atoms with van der Waals surface area (Å²) in [5.74, 6) is 0.320. The number of carbonyl (C=O) groups excluding carboxylic acids is 2. The molecule has 1 heterocycles. The molecule has 1 amide bonds. The molecule has 1 aromatic rings. The molecule has 1 aromatic carbocycles. The Balaban J connectivity index is 2.52. The van der Waals surface area contributed by atoms with Gasteiger partial charge in [0, 0.05) is 0 Å². The number of hydrogen-bond donors (Lipinski definition) is 1. The monoisotopic (exact) mass is 219 g/mol. The third-order valence-electron chi connectivity index (χ3n) is 2.46. The molecule has 0 aliphatic carbocycles. The highest BCUT2D eigenvalue weighted by Crippen LogP contribution is 2.32. The van der Waals surface area contributed by atoms with Gasteiger partial charge in [-0.25, -0.2) is 0 Å². The Morgan fingerprint density at radius 2 is 2.25 bits per heavy atom. The highest BCUT2D eigenvalue weighted by Gasteiger charge is 2.22. The van der Waals surface area contributed by atoms with E-state index in [1.165, 1.54) is 6.92 Å². The van der Waals surface area contributed by atoms with Crippen molar-refractivity contribution in [1.29, 1.82) is 0 Å². The first-order valence-corrected chi connectivity index (χ1v) is 5.18. The van der Waals surface area contributed by atoms with E-state index in [0.717, 1.165) is 0 Å². The summed E-state index contributed by atoms with van der Waals surface area (Å²) in [5.41, 5.74) is 1.08. The van der Waals surface area contributed by atoms with Crippen LogP contribution in [0.4, 0.5) is 5.69 Å². The highest BCUT2D eigenvalue weighted by atomic mass is 16.5. The van der Waals surface area contributed by atoms with E-state index in [4.69, 9.17) is 4.74 Å². The lowest BCUT2D eigenvalue weighted by Crippen LogP contribution is -2.17. The topological polar surface area (TPSA) is 55.4 Å². The van der Waals surface area contributed by atoms with E-state index in [1.807, 2.05) is 6.92 Å². The number of hydrogen-bond acceptors (Lipinski definition) is 3. The van der Waals surface area contributed by atoms with Gasteiger partial charge < -0.3 is 10.1 Å². The molecule has 1 atom stereocenters. The number of ketones is 1. The molecule has 2 rings (SSSR count). The van der Waals surface area contributed by atoms with E-state index in [2.05, 4.69) is 5.32 Å². The van der Waals surface area contributed by atoms with E-state index >= 15 is 0 Å². The fourth-order valence-electron chi connectivity index (χ4n) is 1.74. The van der Waals surface area contributed by atoms with Gasteiger partial charge in [-0.15, -0.1) is 0 Å². The van der Waals surface area contributed by atoms with Crippen molar-refractivity contribution in [3.05, 3.63) is 23.8 Å². The Bertz CT molecular complexity index is 454. The zero-order valence-corrected chi connectivity index (χ0v) is 9.24. The van der Waals surface area contributed by atoms with E-state index in [1.54, 1.807) is 18.2 Å². The quantitative estimate of drug-likeness (QED) is 0.735. The minimum atomic E-state index is -0.221. The number of carbonyl (C=O) groups is 2. The van der Waals surface area contributed by atoms with Gasteiger partial charge in [0.05, 0.1) is 17.7 Å². The summed E-state index contributed by atoms with van der Waals surface area (Å²) >= 11 is 0. The van der Waals surface area contributed by atoms with E-state index in [9.17, 15) is 9.59 Å². The van der Waals surface area contributed by atoms with Gasteiger partial charge in [0.2, 0.25) is 5.91 Å². The zero-order valence-electron chi connectivity index (χ0n) is 9.24. The molecule has 0 saturated heterocycles. The van der Waals surface area contributed by atoms with Crippen molar-refractivity contribution < 1.29 is 14.3 Å². The Morgan fingerprint density at radius 3 is 2.94 bits per heavy atom. The first-order valence-electron chi connectivity index (χ1n) is 5.18. The lowest BCUT2D eigenvalue weighted by molar-refractivity contribution is -0.117. The second kappa shape index (κ2) is 3.96. The van der Waals surface area contributed by atoms with Crippen LogP contribution in [0.15, 0.2) is 18.2 Å². The van der Waals surface area contributed by atoms with Crippen LogP contribution in [0.1, 0.15) is 30.6 Å². The SMILES string of the molecule is CC(=O)c1cccc2c1OC(C)CC(=O)N2. The number of rotatable bonds is 1. The lowest BCUT2D eigenvalue weighted by atomic mass is 10.1. The number of ether oxygens (including phenoxy) is 1. The average Bonchev–Trinajstić information content (AvgIpc) is 2.33. The number of amides is 1. The highest BCUT2D eigenvalue weighted by molar-refractivity contribution is 6.01. The van der Waals surface area contributed by atoms with Gasteiger partial charge in [0.25, 0.3) is 0 Å². The van der Waals surface area contributed by atoms with Crippen LogP contribution in [-0.2, 0) is 4.79 Å². The van der Waals surface area contributed by atoms with Crippen LogP contribution in [0.2, 0.25) is 0 Å². The van der Waals surface area contributed by atoms with Crippen molar-refractivity contribution in [1.82, 2.24) is 0 Å². The molecule has 84 valence electrons. The molecule has 0 fully saturated rings. The molecule has 0 aromatic heterocycles. The minimum Gasteiger partial charge on any atom is -0.487 e. The van der Waals surface area contributed by atoms with Gasteiger partial charge in [-0.2, -0.15) is 0 Å². The van der Waals surface area contributed by atoms with Crippen molar-refractivity contribution in [3.63, 3.8) is 0 Å². The first-order chi connectivity index (χ1) is 7.58. The van der Waals surface area contributed by atoms with Gasteiger partial charge in [-0.3, -0.25) is 9.59 Å². The predicted octanol–water partition coefficient (Wildman–Crippen LogP) is 2.00.